The Balaban J connectivity index is 1.58. The van der Waals surface area contributed by atoms with Crippen LogP contribution in [-0.4, -0.2) is 22.6 Å². The van der Waals surface area contributed by atoms with Crippen LogP contribution in [0.3, 0.4) is 0 Å². The molecule has 1 heterocycles. The maximum Gasteiger partial charge on any atom is 0.274 e. The number of aromatic nitrogens is 1. The average Bonchev–Trinajstić information content (AvgIpc) is 3.62. The lowest BCUT2D eigenvalue weighted by Gasteiger charge is -2.42. The van der Waals surface area contributed by atoms with Crippen molar-refractivity contribution in [3.8, 4) is 0 Å². The number of rotatable bonds is 7. The molecule has 2 aromatic rings. The number of nitrogens with zero attached hydrogens (tertiary/aromatic N) is 2. The van der Waals surface area contributed by atoms with Crippen molar-refractivity contribution in [3.63, 3.8) is 0 Å². The first-order valence-corrected chi connectivity index (χ1v) is 12.2. The molecule has 2 aliphatic carbocycles. The lowest BCUT2D eigenvalue weighted by Crippen LogP contribution is -2.37. The number of benzene rings is 1. The number of amides is 1. The normalized spacial score (nSPS) is 21.3. The van der Waals surface area contributed by atoms with Crippen LogP contribution < -0.4 is 11.1 Å². The van der Waals surface area contributed by atoms with E-state index in [0.29, 0.717) is 30.9 Å². The molecule has 188 valence electrons. The number of anilines is 1. The zero-order chi connectivity index (χ0) is 25.4. The van der Waals surface area contributed by atoms with E-state index in [1.165, 1.54) is 12.1 Å². The maximum absolute atomic E-state index is 15.1. The third-order valence-corrected chi connectivity index (χ3v) is 7.25. The summed E-state index contributed by atoms with van der Waals surface area (Å²) in [4.78, 5) is 21.6. The molecule has 0 spiro atoms. The number of nitrogens with one attached hydrogen (secondary N) is 1. The van der Waals surface area contributed by atoms with Crippen LogP contribution in [0, 0.1) is 11.2 Å². The van der Waals surface area contributed by atoms with Crippen LogP contribution in [-0.2, 0) is 5.54 Å². The molecular formula is C27H33F3N4O. The van der Waals surface area contributed by atoms with Gasteiger partial charge in [0.25, 0.3) is 5.91 Å². The second-order valence-electron chi connectivity index (χ2n) is 10.8. The Labute approximate surface area is 204 Å². The van der Waals surface area contributed by atoms with Gasteiger partial charge in [-0.25, -0.2) is 13.2 Å². The maximum atomic E-state index is 15.1. The summed E-state index contributed by atoms with van der Waals surface area (Å²) in [6.45, 7) is 5.34. The predicted octanol–water partition coefficient (Wildman–Crippen LogP) is 6.55. The number of carbonyl (C=O) groups is 1. The topological polar surface area (TPSA) is 80.4 Å². The molecular weight excluding hydrogens is 453 g/mol. The number of aliphatic imine (C=N–C) groups is 1. The number of carbonyl (C=O) groups excluding carboxylic acids is 1. The van der Waals surface area contributed by atoms with Crippen LogP contribution in [0.1, 0.15) is 93.3 Å². The van der Waals surface area contributed by atoms with Gasteiger partial charge in [0, 0.05) is 30.3 Å². The first-order valence-electron chi connectivity index (χ1n) is 12.2. The van der Waals surface area contributed by atoms with Gasteiger partial charge in [-0.1, -0.05) is 13.0 Å². The quantitative estimate of drug-likeness (QED) is 0.344. The standard InChI is InChI=1S/C27H33F3N4O/c1-17(31)34-26(3,16-25(2)10-12-27(29,30)13-11-25)21-14-20(7-8-22(21)28)33-24(35)23-9-6-19(15-32-23)18-4-5-18/h6-9,14-15,18H,4-5,10-13,16H2,1-3H3,(H2,31,34)(H,33,35)/t26-/m0/s1. The Morgan fingerprint density at radius 1 is 1.20 bits per heavy atom. The first-order chi connectivity index (χ1) is 16.4. The highest BCUT2D eigenvalue weighted by Gasteiger charge is 2.45. The van der Waals surface area contributed by atoms with E-state index >= 15 is 4.39 Å². The van der Waals surface area contributed by atoms with Crippen LogP contribution in [0.2, 0.25) is 0 Å². The molecule has 0 saturated heterocycles. The van der Waals surface area contributed by atoms with Gasteiger partial charge >= 0.3 is 0 Å². The summed E-state index contributed by atoms with van der Waals surface area (Å²) in [5.41, 5.74) is 6.44. The van der Waals surface area contributed by atoms with Gasteiger partial charge in [-0.3, -0.25) is 14.8 Å². The summed E-state index contributed by atoms with van der Waals surface area (Å²) in [5, 5.41) is 2.79. The van der Waals surface area contributed by atoms with Crippen molar-refractivity contribution in [1.29, 1.82) is 0 Å². The van der Waals surface area contributed by atoms with Crippen molar-refractivity contribution in [3.05, 3.63) is 59.2 Å². The van der Waals surface area contributed by atoms with Gasteiger partial charge in [-0.2, -0.15) is 0 Å². The molecule has 8 heteroatoms. The fourth-order valence-electron chi connectivity index (χ4n) is 5.22. The van der Waals surface area contributed by atoms with Crippen LogP contribution in [0.25, 0.3) is 0 Å². The molecule has 0 radical (unpaired) electrons. The van der Waals surface area contributed by atoms with Crippen LogP contribution in [0.4, 0.5) is 18.9 Å². The van der Waals surface area contributed by atoms with Crippen molar-refractivity contribution in [2.24, 2.45) is 16.1 Å². The van der Waals surface area contributed by atoms with E-state index in [4.69, 9.17) is 5.73 Å². The second kappa shape index (κ2) is 9.28. The number of halogens is 3. The summed E-state index contributed by atoms with van der Waals surface area (Å²) < 4.78 is 42.8. The Bertz CT molecular complexity index is 1110. The Morgan fingerprint density at radius 3 is 2.46 bits per heavy atom. The minimum atomic E-state index is -2.66. The Kier molecular flexibility index (Phi) is 6.68. The third kappa shape index (κ3) is 6.03. The Hall–Kier alpha value is -2.90. The molecule has 0 aliphatic heterocycles. The summed E-state index contributed by atoms with van der Waals surface area (Å²) in [6, 6.07) is 7.93. The van der Waals surface area contributed by atoms with Gasteiger partial charge in [0.15, 0.2) is 0 Å². The van der Waals surface area contributed by atoms with E-state index in [2.05, 4.69) is 15.3 Å². The highest BCUT2D eigenvalue weighted by molar-refractivity contribution is 6.02. The molecule has 0 bridgehead atoms. The fourth-order valence-corrected chi connectivity index (χ4v) is 5.22. The summed E-state index contributed by atoms with van der Waals surface area (Å²) >= 11 is 0. The van der Waals surface area contributed by atoms with E-state index in [-0.39, 0.29) is 29.9 Å². The second-order valence-corrected chi connectivity index (χ2v) is 10.8. The minimum Gasteiger partial charge on any atom is -0.388 e. The zero-order valence-corrected chi connectivity index (χ0v) is 20.5. The smallest absolute Gasteiger partial charge is 0.274 e. The third-order valence-electron chi connectivity index (χ3n) is 7.25. The fraction of sp³-hybridized carbons (Fsp3) is 0.519. The van der Waals surface area contributed by atoms with Crippen molar-refractivity contribution in [1.82, 2.24) is 4.98 Å². The van der Waals surface area contributed by atoms with Gasteiger partial charge in [0.1, 0.15) is 11.5 Å². The van der Waals surface area contributed by atoms with Gasteiger partial charge in [0.05, 0.1) is 11.4 Å². The van der Waals surface area contributed by atoms with Gasteiger partial charge in [-0.15, -0.1) is 0 Å². The monoisotopic (exact) mass is 486 g/mol. The molecule has 4 rings (SSSR count). The molecule has 35 heavy (non-hydrogen) atoms. The molecule has 1 aromatic heterocycles. The number of hydrogen-bond acceptors (Lipinski definition) is 3. The summed E-state index contributed by atoms with van der Waals surface area (Å²) in [6.07, 6.45) is 4.61. The molecule has 2 aliphatic rings. The van der Waals surface area contributed by atoms with Crippen molar-refractivity contribution >= 4 is 17.4 Å². The molecule has 2 fully saturated rings. The SMILES string of the molecule is CC(N)=N[C@@](C)(CC1(C)CCC(F)(F)CC1)c1cc(NC(=O)c2ccc(C3CC3)cn2)ccc1F. The number of hydrogen-bond donors (Lipinski definition) is 2. The van der Waals surface area contributed by atoms with Gasteiger partial charge < -0.3 is 11.1 Å². The largest absolute Gasteiger partial charge is 0.388 e. The highest BCUT2D eigenvalue weighted by Crippen LogP contribution is 2.50. The summed E-state index contributed by atoms with van der Waals surface area (Å²) in [7, 11) is 0. The molecule has 1 atom stereocenters. The Morgan fingerprint density at radius 2 is 1.89 bits per heavy atom. The van der Waals surface area contributed by atoms with E-state index in [1.54, 1.807) is 32.2 Å². The zero-order valence-electron chi connectivity index (χ0n) is 20.5. The molecule has 5 nitrogen and oxygen atoms in total. The molecule has 2 saturated carbocycles. The number of alkyl halides is 2. The van der Waals surface area contributed by atoms with Crippen LogP contribution >= 0.6 is 0 Å². The predicted molar refractivity (Wildman–Crippen MR) is 131 cm³/mol. The average molecular weight is 487 g/mol. The highest BCUT2D eigenvalue weighted by atomic mass is 19.3. The van der Waals surface area contributed by atoms with Gasteiger partial charge in [0.2, 0.25) is 5.92 Å². The molecule has 1 amide bonds. The van der Waals surface area contributed by atoms with Crippen molar-refractivity contribution < 1.29 is 18.0 Å². The first kappa shape index (κ1) is 25.2. The number of amidine groups is 1. The van der Waals surface area contributed by atoms with E-state index in [1.807, 2.05) is 13.0 Å². The lowest BCUT2D eigenvalue weighted by atomic mass is 9.66. The molecule has 3 N–H and O–H groups in total. The van der Waals surface area contributed by atoms with Crippen LogP contribution in [0.15, 0.2) is 41.5 Å². The van der Waals surface area contributed by atoms with E-state index in [0.717, 1.165) is 18.4 Å². The minimum absolute atomic E-state index is 0.198. The molecule has 0 unspecified atom stereocenters. The van der Waals surface area contributed by atoms with Crippen molar-refractivity contribution in [2.45, 2.75) is 83.1 Å². The van der Waals surface area contributed by atoms with Crippen molar-refractivity contribution in [2.75, 3.05) is 5.32 Å². The van der Waals surface area contributed by atoms with E-state index in [9.17, 15) is 13.6 Å². The van der Waals surface area contributed by atoms with Crippen LogP contribution in [0.5, 0.6) is 0 Å². The molecule has 1 aromatic carbocycles. The summed E-state index contributed by atoms with van der Waals surface area (Å²) in [5.74, 6) is -2.74. The van der Waals surface area contributed by atoms with Gasteiger partial charge in [-0.05, 0) is 87.1 Å². The number of nitrogens with two attached hydrogens (primary N) is 1. The number of pyridine rings is 1. The lowest BCUT2D eigenvalue weighted by molar-refractivity contribution is -0.0686. The van der Waals surface area contributed by atoms with E-state index < -0.39 is 28.6 Å².